The summed E-state index contributed by atoms with van der Waals surface area (Å²) >= 11 is 6.10. The number of halogens is 1. The molecular formula is C17H17ClN4O3. The van der Waals surface area contributed by atoms with Gasteiger partial charge < -0.3 is 4.74 Å². The summed E-state index contributed by atoms with van der Waals surface area (Å²) in [4.78, 5) is 18.0. The molecule has 1 unspecified atom stereocenters. The van der Waals surface area contributed by atoms with Crippen molar-refractivity contribution >= 4 is 34.1 Å². The first-order valence-corrected chi connectivity index (χ1v) is 8.53. The standard InChI is InChI=1S/C17H17ClN4O3/c1-10-19-20-16-13(17(23)21-25-15-4-2-3-7-24-15)9-11-8-12(18)5-6-14(11)22(10)16/h5-6,8-9,15H,2-4,7H2,1H3,(H,21,23). The second-order valence-electron chi connectivity index (χ2n) is 6.01. The van der Waals surface area contributed by atoms with Crippen LogP contribution in [0.1, 0.15) is 35.4 Å². The van der Waals surface area contributed by atoms with Gasteiger partial charge in [-0.05, 0) is 44.0 Å². The van der Waals surface area contributed by atoms with Crippen molar-refractivity contribution in [1.29, 1.82) is 0 Å². The number of carbonyl (C=O) groups is 1. The first-order valence-electron chi connectivity index (χ1n) is 8.15. The van der Waals surface area contributed by atoms with Crippen LogP contribution >= 0.6 is 11.6 Å². The highest BCUT2D eigenvalue weighted by Crippen LogP contribution is 2.24. The Balaban J connectivity index is 1.70. The van der Waals surface area contributed by atoms with Gasteiger partial charge in [-0.25, -0.2) is 10.3 Å². The van der Waals surface area contributed by atoms with E-state index in [1.54, 1.807) is 18.2 Å². The van der Waals surface area contributed by atoms with Crippen molar-refractivity contribution in [1.82, 2.24) is 20.1 Å². The van der Waals surface area contributed by atoms with Gasteiger partial charge in [0, 0.05) is 23.4 Å². The molecule has 1 aromatic carbocycles. The zero-order valence-electron chi connectivity index (χ0n) is 13.7. The molecule has 3 aromatic rings. The van der Waals surface area contributed by atoms with E-state index < -0.39 is 12.2 Å². The maximum Gasteiger partial charge on any atom is 0.278 e. The van der Waals surface area contributed by atoms with Crippen LogP contribution in [-0.4, -0.2) is 33.4 Å². The molecule has 4 rings (SSSR count). The lowest BCUT2D eigenvalue weighted by Crippen LogP contribution is -2.33. The lowest BCUT2D eigenvalue weighted by Gasteiger charge is -2.22. The molecule has 0 aliphatic carbocycles. The summed E-state index contributed by atoms with van der Waals surface area (Å²) in [7, 11) is 0. The van der Waals surface area contributed by atoms with Crippen molar-refractivity contribution < 1.29 is 14.4 Å². The van der Waals surface area contributed by atoms with Crippen LogP contribution in [0.5, 0.6) is 0 Å². The minimum atomic E-state index is -0.414. The van der Waals surface area contributed by atoms with Crippen LogP contribution in [0.15, 0.2) is 24.3 Å². The minimum Gasteiger partial charge on any atom is -0.350 e. The fourth-order valence-corrected chi connectivity index (χ4v) is 3.22. The summed E-state index contributed by atoms with van der Waals surface area (Å²) < 4.78 is 7.29. The highest BCUT2D eigenvalue weighted by atomic mass is 35.5. The first kappa shape index (κ1) is 16.3. The predicted octanol–water partition coefficient (Wildman–Crippen LogP) is 3.03. The van der Waals surface area contributed by atoms with Crippen LogP contribution in [-0.2, 0) is 9.57 Å². The molecule has 1 atom stereocenters. The molecule has 1 aliphatic heterocycles. The number of hydroxylamine groups is 1. The fraction of sp³-hybridized carbons (Fsp3) is 0.353. The smallest absolute Gasteiger partial charge is 0.278 e. The molecule has 0 radical (unpaired) electrons. The Kier molecular flexibility index (Phi) is 4.29. The van der Waals surface area contributed by atoms with Gasteiger partial charge in [-0.3, -0.25) is 9.20 Å². The van der Waals surface area contributed by atoms with Crippen LogP contribution in [0.2, 0.25) is 5.02 Å². The van der Waals surface area contributed by atoms with Gasteiger partial charge in [0.1, 0.15) is 5.82 Å². The zero-order chi connectivity index (χ0) is 17.4. The van der Waals surface area contributed by atoms with Gasteiger partial charge in [0.05, 0.1) is 11.1 Å². The van der Waals surface area contributed by atoms with Gasteiger partial charge in [0.15, 0.2) is 11.9 Å². The number of amides is 1. The monoisotopic (exact) mass is 360 g/mol. The molecular weight excluding hydrogens is 344 g/mol. The maximum atomic E-state index is 12.6. The van der Waals surface area contributed by atoms with Crippen molar-refractivity contribution in [2.75, 3.05) is 6.61 Å². The molecule has 130 valence electrons. The van der Waals surface area contributed by atoms with E-state index in [-0.39, 0.29) is 0 Å². The topological polar surface area (TPSA) is 77.8 Å². The number of hydrogen-bond acceptors (Lipinski definition) is 5. The summed E-state index contributed by atoms with van der Waals surface area (Å²) in [6.45, 7) is 2.48. The van der Waals surface area contributed by atoms with Crippen molar-refractivity contribution in [3.8, 4) is 0 Å². The van der Waals surface area contributed by atoms with Crippen LogP contribution in [0.25, 0.3) is 16.6 Å². The number of benzene rings is 1. The van der Waals surface area contributed by atoms with Crippen molar-refractivity contribution in [2.45, 2.75) is 32.5 Å². The van der Waals surface area contributed by atoms with Gasteiger partial charge in [-0.1, -0.05) is 11.6 Å². The lowest BCUT2D eigenvalue weighted by atomic mass is 10.1. The van der Waals surface area contributed by atoms with Crippen LogP contribution in [0, 0.1) is 6.92 Å². The number of hydrogen-bond donors (Lipinski definition) is 1. The maximum absolute atomic E-state index is 12.6. The molecule has 7 nitrogen and oxygen atoms in total. The number of aryl methyl sites for hydroxylation is 1. The third-order valence-corrected chi connectivity index (χ3v) is 4.50. The summed E-state index contributed by atoms with van der Waals surface area (Å²) in [6, 6.07) is 7.23. The number of nitrogens with zero attached hydrogens (tertiary/aromatic N) is 3. The fourth-order valence-electron chi connectivity index (χ4n) is 3.04. The minimum absolute atomic E-state index is 0.367. The molecule has 1 amide bonds. The first-order chi connectivity index (χ1) is 12.1. The van der Waals surface area contributed by atoms with E-state index in [1.165, 1.54) is 0 Å². The second kappa shape index (κ2) is 6.59. The zero-order valence-corrected chi connectivity index (χ0v) is 14.4. The average Bonchev–Trinajstić information content (AvgIpc) is 3.01. The van der Waals surface area contributed by atoms with E-state index in [9.17, 15) is 4.79 Å². The van der Waals surface area contributed by atoms with Crippen molar-refractivity contribution in [2.24, 2.45) is 0 Å². The third-order valence-electron chi connectivity index (χ3n) is 4.26. The molecule has 1 saturated heterocycles. The number of aromatic nitrogens is 3. The lowest BCUT2D eigenvalue weighted by molar-refractivity contribution is -0.186. The SMILES string of the molecule is Cc1nnc2c(C(=O)NOC3CCCCO3)cc3cc(Cl)ccc3n12. The molecule has 0 bridgehead atoms. The Labute approximate surface area is 148 Å². The van der Waals surface area contributed by atoms with Gasteiger partial charge in [-0.2, -0.15) is 0 Å². The van der Waals surface area contributed by atoms with E-state index in [0.717, 1.165) is 30.2 Å². The van der Waals surface area contributed by atoms with E-state index in [2.05, 4.69) is 15.7 Å². The quantitative estimate of drug-likeness (QED) is 0.726. The molecule has 8 heteroatoms. The van der Waals surface area contributed by atoms with E-state index in [1.807, 2.05) is 17.4 Å². The van der Waals surface area contributed by atoms with Gasteiger partial charge in [0.2, 0.25) is 0 Å². The third kappa shape index (κ3) is 3.06. The summed E-state index contributed by atoms with van der Waals surface area (Å²) in [6.07, 6.45) is 2.37. The molecule has 2 aromatic heterocycles. The van der Waals surface area contributed by atoms with Crippen LogP contribution in [0.4, 0.5) is 0 Å². The number of pyridine rings is 1. The van der Waals surface area contributed by atoms with E-state index in [4.69, 9.17) is 21.2 Å². The highest BCUT2D eigenvalue weighted by Gasteiger charge is 2.20. The predicted molar refractivity (Wildman–Crippen MR) is 92.4 cm³/mol. The largest absolute Gasteiger partial charge is 0.350 e. The molecule has 1 N–H and O–H groups in total. The number of ether oxygens (including phenoxy) is 1. The molecule has 1 aliphatic rings. The number of nitrogens with one attached hydrogen (secondary N) is 1. The Morgan fingerprint density at radius 3 is 3.04 bits per heavy atom. The Hall–Kier alpha value is -2.22. The van der Waals surface area contributed by atoms with Crippen molar-refractivity contribution in [3.63, 3.8) is 0 Å². The van der Waals surface area contributed by atoms with Crippen molar-refractivity contribution in [3.05, 3.63) is 40.7 Å². The molecule has 1 fully saturated rings. The summed E-state index contributed by atoms with van der Waals surface area (Å²) in [5, 5.41) is 9.65. The molecule has 3 heterocycles. The molecule has 0 saturated carbocycles. The second-order valence-corrected chi connectivity index (χ2v) is 6.45. The number of carbonyl (C=O) groups excluding carboxylic acids is 1. The average molecular weight is 361 g/mol. The number of rotatable bonds is 3. The molecule has 0 spiro atoms. The summed E-state index contributed by atoms with van der Waals surface area (Å²) in [5.41, 5.74) is 4.19. The number of fused-ring (bicyclic) bond motifs is 3. The highest BCUT2D eigenvalue weighted by molar-refractivity contribution is 6.31. The normalized spacial score (nSPS) is 17.9. The van der Waals surface area contributed by atoms with Gasteiger partial charge >= 0.3 is 0 Å². The summed E-state index contributed by atoms with van der Waals surface area (Å²) in [5.74, 6) is 0.293. The van der Waals surface area contributed by atoms with E-state index in [0.29, 0.717) is 28.7 Å². The Morgan fingerprint density at radius 1 is 1.36 bits per heavy atom. The van der Waals surface area contributed by atoms with E-state index >= 15 is 0 Å². The van der Waals surface area contributed by atoms with Crippen LogP contribution < -0.4 is 5.48 Å². The van der Waals surface area contributed by atoms with Gasteiger partial charge in [0.25, 0.3) is 5.91 Å². The Morgan fingerprint density at radius 2 is 2.24 bits per heavy atom. The van der Waals surface area contributed by atoms with Gasteiger partial charge in [-0.15, -0.1) is 10.2 Å². The molecule has 25 heavy (non-hydrogen) atoms. The van der Waals surface area contributed by atoms with Crippen LogP contribution in [0.3, 0.4) is 0 Å². The Bertz CT molecular complexity index is 950.